The van der Waals surface area contributed by atoms with E-state index in [0.29, 0.717) is 5.75 Å². The molecule has 1 unspecified atom stereocenters. The Balaban J connectivity index is 2.59. The van der Waals surface area contributed by atoms with Gasteiger partial charge in [0, 0.05) is 17.0 Å². The highest BCUT2D eigenvalue weighted by atomic mass is 19.1. The van der Waals surface area contributed by atoms with E-state index in [9.17, 15) is 4.39 Å². The summed E-state index contributed by atoms with van der Waals surface area (Å²) in [6.07, 6.45) is 2.04. The molecule has 1 aliphatic carbocycles. The summed E-state index contributed by atoms with van der Waals surface area (Å²) in [4.78, 5) is 0. The molecule has 0 heterocycles. The first-order valence-corrected chi connectivity index (χ1v) is 5.62. The van der Waals surface area contributed by atoms with Crippen LogP contribution in [0.3, 0.4) is 0 Å². The van der Waals surface area contributed by atoms with Crippen molar-refractivity contribution >= 4 is 0 Å². The summed E-state index contributed by atoms with van der Waals surface area (Å²) < 4.78 is 18.9. The number of ether oxygens (including phenoxy) is 1. The van der Waals surface area contributed by atoms with Crippen molar-refractivity contribution in [2.45, 2.75) is 38.1 Å². The Kier molecular flexibility index (Phi) is 2.66. The molecule has 0 radical (unpaired) electrons. The molecular formula is C13H18FNO. The second-order valence-electron chi connectivity index (χ2n) is 4.72. The second-order valence-corrected chi connectivity index (χ2v) is 4.72. The molecule has 1 aliphatic rings. The number of halogens is 1. The first-order chi connectivity index (χ1) is 7.53. The van der Waals surface area contributed by atoms with E-state index >= 15 is 0 Å². The molecule has 2 N–H and O–H groups in total. The molecule has 16 heavy (non-hydrogen) atoms. The number of aryl methyl sites for hydroxylation is 1. The predicted molar refractivity (Wildman–Crippen MR) is 62.3 cm³/mol. The molecule has 0 aromatic heterocycles. The van der Waals surface area contributed by atoms with E-state index in [2.05, 4.69) is 0 Å². The predicted octanol–water partition coefficient (Wildman–Crippen LogP) is 2.52. The maximum Gasteiger partial charge on any atom is 0.165 e. The molecule has 1 aromatic rings. The highest BCUT2D eigenvalue weighted by Crippen LogP contribution is 2.54. The molecule has 0 bridgehead atoms. The molecule has 1 atom stereocenters. The van der Waals surface area contributed by atoms with Gasteiger partial charge in [0.05, 0.1) is 7.11 Å². The van der Waals surface area contributed by atoms with Gasteiger partial charge in [-0.15, -0.1) is 0 Å². The summed E-state index contributed by atoms with van der Waals surface area (Å²) in [6.45, 7) is 3.97. The Morgan fingerprint density at radius 1 is 1.44 bits per heavy atom. The number of hydrogen-bond acceptors (Lipinski definition) is 2. The molecule has 1 fully saturated rings. The van der Waals surface area contributed by atoms with Gasteiger partial charge in [0.1, 0.15) is 0 Å². The Bertz CT molecular complexity index is 411. The third-order valence-corrected chi connectivity index (χ3v) is 3.68. The van der Waals surface area contributed by atoms with Gasteiger partial charge < -0.3 is 10.5 Å². The minimum absolute atomic E-state index is 0.0295. The van der Waals surface area contributed by atoms with Crippen molar-refractivity contribution in [2.24, 2.45) is 5.73 Å². The van der Waals surface area contributed by atoms with Crippen molar-refractivity contribution in [1.82, 2.24) is 0 Å². The van der Waals surface area contributed by atoms with Gasteiger partial charge in [-0.3, -0.25) is 0 Å². The van der Waals surface area contributed by atoms with Gasteiger partial charge in [0.2, 0.25) is 0 Å². The van der Waals surface area contributed by atoms with Gasteiger partial charge in [0.25, 0.3) is 0 Å². The summed E-state index contributed by atoms with van der Waals surface area (Å²) in [5.74, 6) is 0.0739. The van der Waals surface area contributed by atoms with Crippen LogP contribution in [0.25, 0.3) is 0 Å². The average molecular weight is 223 g/mol. The zero-order chi connectivity index (χ0) is 11.9. The monoisotopic (exact) mass is 223 g/mol. The largest absolute Gasteiger partial charge is 0.493 e. The highest BCUT2D eigenvalue weighted by molar-refractivity contribution is 5.50. The molecular weight excluding hydrogens is 205 g/mol. The smallest absolute Gasteiger partial charge is 0.165 e. The van der Waals surface area contributed by atoms with Crippen LogP contribution in [0.4, 0.5) is 4.39 Å². The fourth-order valence-corrected chi connectivity index (χ4v) is 2.54. The third kappa shape index (κ3) is 1.50. The second kappa shape index (κ2) is 3.74. The number of nitrogens with two attached hydrogens (primary N) is 1. The van der Waals surface area contributed by atoms with Crippen LogP contribution in [0.2, 0.25) is 0 Å². The normalized spacial score (nSPS) is 19.3. The first-order valence-electron chi connectivity index (χ1n) is 5.62. The lowest BCUT2D eigenvalue weighted by molar-refractivity contribution is 0.371. The number of benzene rings is 1. The molecule has 1 saturated carbocycles. The van der Waals surface area contributed by atoms with Gasteiger partial charge >= 0.3 is 0 Å². The standard InChI is InChI=1S/C13H18FNO/c1-8-4-5-10(14)12(16-3)11(8)13(6-7-13)9(2)15/h4-5,9H,6-7,15H2,1-3H3. The molecule has 88 valence electrons. The summed E-state index contributed by atoms with van der Waals surface area (Å²) in [5, 5.41) is 0. The van der Waals surface area contributed by atoms with Crippen LogP contribution in [0.1, 0.15) is 30.9 Å². The molecule has 1 aromatic carbocycles. The minimum atomic E-state index is -0.296. The number of methoxy groups -OCH3 is 1. The third-order valence-electron chi connectivity index (χ3n) is 3.68. The van der Waals surface area contributed by atoms with Gasteiger partial charge in [-0.1, -0.05) is 6.07 Å². The fourth-order valence-electron chi connectivity index (χ4n) is 2.54. The summed E-state index contributed by atoms with van der Waals surface area (Å²) in [6, 6.07) is 3.28. The Morgan fingerprint density at radius 2 is 2.06 bits per heavy atom. The van der Waals surface area contributed by atoms with Crippen LogP contribution in [0.5, 0.6) is 5.75 Å². The zero-order valence-electron chi connectivity index (χ0n) is 10.0. The first kappa shape index (κ1) is 11.4. The summed E-state index contributed by atoms with van der Waals surface area (Å²) in [7, 11) is 1.51. The van der Waals surface area contributed by atoms with Crippen molar-refractivity contribution < 1.29 is 9.13 Å². The molecule has 2 rings (SSSR count). The number of hydrogen-bond donors (Lipinski definition) is 1. The van der Waals surface area contributed by atoms with E-state index in [1.165, 1.54) is 13.2 Å². The van der Waals surface area contributed by atoms with Crippen molar-refractivity contribution in [3.05, 3.63) is 29.1 Å². The fraction of sp³-hybridized carbons (Fsp3) is 0.538. The van der Waals surface area contributed by atoms with Crippen LogP contribution < -0.4 is 10.5 Å². The van der Waals surface area contributed by atoms with E-state index < -0.39 is 0 Å². The average Bonchev–Trinajstić information content (AvgIpc) is 3.02. The minimum Gasteiger partial charge on any atom is -0.493 e. The lowest BCUT2D eigenvalue weighted by Crippen LogP contribution is -2.32. The van der Waals surface area contributed by atoms with Crippen LogP contribution in [0.15, 0.2) is 12.1 Å². The van der Waals surface area contributed by atoms with Crippen molar-refractivity contribution in [1.29, 1.82) is 0 Å². The topological polar surface area (TPSA) is 35.2 Å². The van der Waals surface area contributed by atoms with E-state index in [4.69, 9.17) is 10.5 Å². The van der Waals surface area contributed by atoms with E-state index in [0.717, 1.165) is 24.0 Å². The van der Waals surface area contributed by atoms with Gasteiger partial charge in [-0.05, 0) is 38.3 Å². The van der Waals surface area contributed by atoms with Crippen molar-refractivity contribution in [3.8, 4) is 5.75 Å². The van der Waals surface area contributed by atoms with E-state index in [-0.39, 0.29) is 17.3 Å². The van der Waals surface area contributed by atoms with Crippen molar-refractivity contribution in [3.63, 3.8) is 0 Å². The van der Waals surface area contributed by atoms with Crippen LogP contribution >= 0.6 is 0 Å². The molecule has 0 aliphatic heterocycles. The summed E-state index contributed by atoms with van der Waals surface area (Å²) >= 11 is 0. The highest BCUT2D eigenvalue weighted by Gasteiger charge is 2.50. The van der Waals surface area contributed by atoms with E-state index in [1.54, 1.807) is 6.07 Å². The van der Waals surface area contributed by atoms with Gasteiger partial charge in [0.15, 0.2) is 11.6 Å². The van der Waals surface area contributed by atoms with Crippen LogP contribution in [0, 0.1) is 12.7 Å². The lowest BCUT2D eigenvalue weighted by Gasteiger charge is -2.24. The molecule has 3 heteroatoms. The lowest BCUT2D eigenvalue weighted by atomic mass is 9.85. The molecule has 0 spiro atoms. The van der Waals surface area contributed by atoms with Crippen LogP contribution in [-0.4, -0.2) is 13.2 Å². The zero-order valence-corrected chi connectivity index (χ0v) is 10.0. The SMILES string of the molecule is COc1c(F)ccc(C)c1C1(C(C)N)CC1. The molecule has 0 amide bonds. The van der Waals surface area contributed by atoms with Gasteiger partial charge in [-0.25, -0.2) is 4.39 Å². The maximum absolute atomic E-state index is 13.7. The van der Waals surface area contributed by atoms with Gasteiger partial charge in [-0.2, -0.15) is 0 Å². The molecule has 2 nitrogen and oxygen atoms in total. The Morgan fingerprint density at radius 3 is 2.50 bits per heavy atom. The molecule has 0 saturated heterocycles. The summed E-state index contributed by atoms with van der Waals surface area (Å²) in [5.41, 5.74) is 7.98. The maximum atomic E-state index is 13.7. The van der Waals surface area contributed by atoms with Crippen LogP contribution in [-0.2, 0) is 5.41 Å². The van der Waals surface area contributed by atoms with Crippen molar-refractivity contribution in [2.75, 3.05) is 7.11 Å². The van der Waals surface area contributed by atoms with E-state index in [1.807, 2.05) is 13.8 Å². The quantitative estimate of drug-likeness (QED) is 0.854. The Hall–Kier alpha value is -1.09. The Labute approximate surface area is 95.6 Å². The number of rotatable bonds is 3.